The molecule has 0 aliphatic carbocycles. The molecule has 0 bridgehead atoms. The summed E-state index contributed by atoms with van der Waals surface area (Å²) >= 11 is 0. The van der Waals surface area contributed by atoms with E-state index in [-0.39, 0.29) is 28.5 Å². The van der Waals surface area contributed by atoms with E-state index in [2.05, 4.69) is 0 Å². The molecule has 0 fully saturated rings. The second kappa shape index (κ2) is 6.57. The van der Waals surface area contributed by atoms with Crippen LogP contribution in [0.1, 0.15) is 11.1 Å². The first-order valence-corrected chi connectivity index (χ1v) is 10.7. The number of rotatable bonds is 4. The highest BCUT2D eigenvalue weighted by molar-refractivity contribution is 8.04. The third kappa shape index (κ3) is 2.95. The van der Waals surface area contributed by atoms with E-state index in [0.29, 0.717) is 15.0 Å². The molecule has 26 heavy (non-hydrogen) atoms. The first kappa shape index (κ1) is 18.7. The number of ether oxygens (including phenoxy) is 2. The number of methoxy groups -OCH3 is 2. The van der Waals surface area contributed by atoms with Gasteiger partial charge in [-0.05, 0) is 37.1 Å². The summed E-state index contributed by atoms with van der Waals surface area (Å²) in [6, 6.07) is 8.95. The lowest BCUT2D eigenvalue weighted by Gasteiger charge is -2.28. The van der Waals surface area contributed by atoms with Crippen molar-refractivity contribution < 1.29 is 26.3 Å². The SMILES string of the molecule is COc1cc2c(cc1OC)S(=O)(=O)N(S(=O)(=O)c1ccc(C)cc1)CC2. The first-order valence-electron chi connectivity index (χ1n) is 7.81. The van der Waals surface area contributed by atoms with Gasteiger partial charge < -0.3 is 9.47 Å². The molecule has 2 aromatic carbocycles. The van der Waals surface area contributed by atoms with Gasteiger partial charge in [-0.25, -0.2) is 16.8 Å². The molecular formula is C17H19NO6S2. The van der Waals surface area contributed by atoms with Crippen molar-refractivity contribution in [3.05, 3.63) is 47.5 Å². The number of fused-ring (bicyclic) bond motifs is 1. The van der Waals surface area contributed by atoms with Gasteiger partial charge in [0.2, 0.25) is 0 Å². The smallest absolute Gasteiger partial charge is 0.256 e. The predicted octanol–water partition coefficient (Wildman–Crippen LogP) is 1.95. The van der Waals surface area contributed by atoms with Crippen LogP contribution in [0.4, 0.5) is 0 Å². The highest BCUT2D eigenvalue weighted by Gasteiger charge is 2.41. The summed E-state index contributed by atoms with van der Waals surface area (Å²) in [7, 11) is -5.59. The molecule has 1 aliphatic rings. The lowest BCUT2D eigenvalue weighted by molar-refractivity contribution is 0.352. The summed E-state index contributed by atoms with van der Waals surface area (Å²) in [6.45, 7) is 1.66. The molecule has 0 unspecified atom stereocenters. The summed E-state index contributed by atoms with van der Waals surface area (Å²) in [5.74, 6) is 0.626. The number of aryl methyl sites for hydroxylation is 1. The van der Waals surface area contributed by atoms with Crippen molar-refractivity contribution in [1.29, 1.82) is 0 Å². The zero-order valence-electron chi connectivity index (χ0n) is 14.6. The lowest BCUT2D eigenvalue weighted by atomic mass is 10.1. The normalized spacial score (nSPS) is 16.7. The van der Waals surface area contributed by atoms with E-state index < -0.39 is 20.0 Å². The maximum absolute atomic E-state index is 13.0. The highest BCUT2D eigenvalue weighted by Crippen LogP contribution is 2.38. The van der Waals surface area contributed by atoms with Crippen molar-refractivity contribution >= 4 is 20.0 Å². The Hall–Kier alpha value is -2.10. The van der Waals surface area contributed by atoms with E-state index in [1.54, 1.807) is 18.2 Å². The van der Waals surface area contributed by atoms with Gasteiger partial charge in [-0.15, -0.1) is 0 Å². The molecule has 0 saturated carbocycles. The molecule has 140 valence electrons. The van der Waals surface area contributed by atoms with Crippen molar-refractivity contribution in [2.45, 2.75) is 23.1 Å². The Kier molecular flexibility index (Phi) is 4.72. The third-order valence-corrected chi connectivity index (χ3v) is 8.68. The summed E-state index contributed by atoms with van der Waals surface area (Å²) in [5.41, 5.74) is 1.38. The fourth-order valence-corrected chi connectivity index (χ4v) is 6.74. The molecular weight excluding hydrogens is 378 g/mol. The first-order chi connectivity index (χ1) is 12.2. The topological polar surface area (TPSA) is 90.0 Å². The van der Waals surface area contributed by atoms with Crippen LogP contribution in [-0.4, -0.2) is 41.3 Å². The van der Waals surface area contributed by atoms with Gasteiger partial charge in [0.1, 0.15) is 0 Å². The molecule has 1 heterocycles. The second-order valence-corrected chi connectivity index (χ2v) is 9.81. The maximum atomic E-state index is 13.0. The monoisotopic (exact) mass is 397 g/mol. The van der Waals surface area contributed by atoms with Crippen molar-refractivity contribution in [2.75, 3.05) is 20.8 Å². The second-order valence-electron chi connectivity index (χ2n) is 5.88. The van der Waals surface area contributed by atoms with Gasteiger partial charge in [0, 0.05) is 12.6 Å². The third-order valence-electron chi connectivity index (χ3n) is 4.26. The Morgan fingerprint density at radius 1 is 1.00 bits per heavy atom. The Bertz CT molecular complexity index is 1040. The minimum atomic E-state index is -4.25. The van der Waals surface area contributed by atoms with Crippen LogP contribution in [0.25, 0.3) is 0 Å². The summed E-state index contributed by atoms with van der Waals surface area (Å²) < 4.78 is 62.7. The summed E-state index contributed by atoms with van der Waals surface area (Å²) in [5, 5.41) is 0. The minimum absolute atomic E-state index is 0.0596. The van der Waals surface area contributed by atoms with Gasteiger partial charge in [-0.3, -0.25) is 0 Å². The standard InChI is InChI=1S/C17H19NO6S2/c1-12-4-6-14(7-5-12)25(19,20)18-9-8-13-10-15(23-2)16(24-3)11-17(13)26(18,21)22/h4-7,10-11H,8-9H2,1-3H3. The van der Waals surface area contributed by atoms with E-state index in [1.165, 1.54) is 32.4 Å². The van der Waals surface area contributed by atoms with E-state index in [9.17, 15) is 16.8 Å². The Morgan fingerprint density at radius 2 is 1.58 bits per heavy atom. The highest BCUT2D eigenvalue weighted by atomic mass is 32.3. The predicted molar refractivity (Wildman–Crippen MR) is 95.5 cm³/mol. The fourth-order valence-electron chi connectivity index (χ4n) is 2.86. The average molecular weight is 397 g/mol. The molecule has 3 rings (SSSR count). The molecule has 0 aromatic heterocycles. The number of benzene rings is 2. The van der Waals surface area contributed by atoms with Crippen LogP contribution < -0.4 is 9.47 Å². The average Bonchev–Trinajstić information content (AvgIpc) is 2.60. The molecule has 1 aliphatic heterocycles. The van der Waals surface area contributed by atoms with E-state index in [4.69, 9.17) is 9.47 Å². The number of sulfonamides is 2. The molecule has 2 aromatic rings. The molecule has 9 heteroatoms. The van der Waals surface area contributed by atoms with Gasteiger partial charge in [0.25, 0.3) is 20.0 Å². The van der Waals surface area contributed by atoms with Crippen molar-refractivity contribution in [2.24, 2.45) is 0 Å². The van der Waals surface area contributed by atoms with Crippen LogP contribution in [0.3, 0.4) is 0 Å². The summed E-state index contributed by atoms with van der Waals surface area (Å²) in [6.07, 6.45) is 0.250. The minimum Gasteiger partial charge on any atom is -0.493 e. The zero-order valence-corrected chi connectivity index (χ0v) is 16.2. The lowest BCUT2D eigenvalue weighted by Crippen LogP contribution is -2.41. The maximum Gasteiger partial charge on any atom is 0.256 e. The zero-order chi connectivity index (χ0) is 19.1. The van der Waals surface area contributed by atoms with E-state index in [1.807, 2.05) is 6.92 Å². The fraction of sp³-hybridized carbons (Fsp3) is 0.294. The van der Waals surface area contributed by atoms with Crippen LogP contribution in [0.15, 0.2) is 46.2 Å². The molecule has 0 saturated heterocycles. The van der Waals surface area contributed by atoms with Crippen molar-refractivity contribution in [3.63, 3.8) is 0 Å². The van der Waals surface area contributed by atoms with Gasteiger partial charge in [0.15, 0.2) is 11.5 Å². The molecule has 0 amide bonds. The Morgan fingerprint density at radius 3 is 2.15 bits per heavy atom. The quantitative estimate of drug-likeness (QED) is 0.783. The molecule has 0 atom stereocenters. The van der Waals surface area contributed by atoms with Crippen LogP contribution >= 0.6 is 0 Å². The molecule has 0 spiro atoms. The molecule has 0 radical (unpaired) electrons. The van der Waals surface area contributed by atoms with Gasteiger partial charge in [-0.1, -0.05) is 21.4 Å². The van der Waals surface area contributed by atoms with Crippen LogP contribution in [0.5, 0.6) is 11.5 Å². The molecule has 7 nitrogen and oxygen atoms in total. The van der Waals surface area contributed by atoms with Gasteiger partial charge >= 0.3 is 0 Å². The van der Waals surface area contributed by atoms with Crippen LogP contribution in [0.2, 0.25) is 0 Å². The van der Waals surface area contributed by atoms with Crippen LogP contribution in [-0.2, 0) is 26.5 Å². The van der Waals surface area contributed by atoms with Gasteiger partial charge in [0.05, 0.1) is 24.0 Å². The van der Waals surface area contributed by atoms with E-state index >= 15 is 0 Å². The Balaban J connectivity index is 2.12. The summed E-state index contributed by atoms with van der Waals surface area (Å²) in [4.78, 5) is -0.146. The Labute approximate surface area is 153 Å². The molecule has 0 N–H and O–H groups in total. The van der Waals surface area contributed by atoms with Crippen LogP contribution in [0, 0.1) is 6.92 Å². The largest absolute Gasteiger partial charge is 0.493 e. The van der Waals surface area contributed by atoms with Crippen molar-refractivity contribution in [3.8, 4) is 11.5 Å². The van der Waals surface area contributed by atoms with Gasteiger partial charge in [-0.2, -0.15) is 0 Å². The van der Waals surface area contributed by atoms with E-state index in [0.717, 1.165) is 5.56 Å². The number of hydrogen-bond acceptors (Lipinski definition) is 6. The number of nitrogens with zero attached hydrogens (tertiary/aromatic N) is 1. The number of hydrogen-bond donors (Lipinski definition) is 0. The van der Waals surface area contributed by atoms with Crippen molar-refractivity contribution in [1.82, 2.24) is 3.71 Å².